The number of hydrogen-bond acceptors (Lipinski definition) is 3. The van der Waals surface area contributed by atoms with Crippen LogP contribution >= 0.6 is 0 Å². The molecule has 1 saturated heterocycles. The second kappa shape index (κ2) is 5.87. The molecule has 7 heteroatoms. The lowest BCUT2D eigenvalue weighted by Gasteiger charge is -2.21. The van der Waals surface area contributed by atoms with Crippen molar-refractivity contribution in [1.29, 1.82) is 0 Å². The van der Waals surface area contributed by atoms with Crippen molar-refractivity contribution >= 4 is 21.4 Å². The van der Waals surface area contributed by atoms with Gasteiger partial charge in [0.05, 0.1) is 11.5 Å². The van der Waals surface area contributed by atoms with Gasteiger partial charge in [0, 0.05) is 6.42 Å². The van der Waals surface area contributed by atoms with Crippen molar-refractivity contribution in [2.45, 2.75) is 19.3 Å². The molecule has 1 amide bonds. The third kappa shape index (κ3) is 3.75. The first-order chi connectivity index (χ1) is 9.37. The highest BCUT2D eigenvalue weighted by atomic mass is 32.2. The molecule has 0 unspecified atom stereocenters. The Morgan fingerprint density at radius 2 is 1.75 bits per heavy atom. The van der Waals surface area contributed by atoms with Crippen LogP contribution in [0.1, 0.15) is 19.3 Å². The highest BCUT2D eigenvalue weighted by Gasteiger charge is 2.25. The van der Waals surface area contributed by atoms with Crippen LogP contribution in [-0.4, -0.2) is 25.8 Å². The highest BCUT2D eigenvalue weighted by Crippen LogP contribution is 2.24. The molecule has 0 radical (unpaired) electrons. The van der Waals surface area contributed by atoms with Crippen molar-refractivity contribution in [1.82, 2.24) is 0 Å². The quantitative estimate of drug-likeness (QED) is 0.930. The van der Waals surface area contributed by atoms with E-state index < -0.39 is 33.1 Å². The fraction of sp³-hybridized carbons (Fsp3) is 0.462. The zero-order valence-electron chi connectivity index (χ0n) is 10.7. The molecule has 0 bridgehead atoms. The summed E-state index contributed by atoms with van der Waals surface area (Å²) in [5.41, 5.74) is -0.457. The SMILES string of the molecule is O=C(CC1CCS(=O)(=O)CC1)Nc1c(F)cccc1F. The van der Waals surface area contributed by atoms with Crippen molar-refractivity contribution in [3.63, 3.8) is 0 Å². The van der Waals surface area contributed by atoms with Crippen molar-refractivity contribution in [3.8, 4) is 0 Å². The van der Waals surface area contributed by atoms with Crippen LogP contribution in [0.15, 0.2) is 18.2 Å². The van der Waals surface area contributed by atoms with Crippen molar-refractivity contribution in [3.05, 3.63) is 29.8 Å². The Morgan fingerprint density at radius 1 is 1.20 bits per heavy atom. The normalized spacial score (nSPS) is 18.7. The molecule has 2 rings (SSSR count). The van der Waals surface area contributed by atoms with Gasteiger partial charge in [-0.05, 0) is 30.9 Å². The molecule has 0 aromatic heterocycles. The van der Waals surface area contributed by atoms with Gasteiger partial charge < -0.3 is 5.32 Å². The Balaban J connectivity index is 1.93. The summed E-state index contributed by atoms with van der Waals surface area (Å²) in [7, 11) is -2.98. The van der Waals surface area contributed by atoms with E-state index in [0.717, 1.165) is 12.1 Å². The lowest BCUT2D eigenvalue weighted by Crippen LogP contribution is -2.27. The summed E-state index contributed by atoms with van der Waals surface area (Å²) in [6.07, 6.45) is 0.897. The molecule has 0 saturated carbocycles. The van der Waals surface area contributed by atoms with Gasteiger partial charge in [0.25, 0.3) is 0 Å². The molecular weight excluding hydrogens is 288 g/mol. The van der Waals surface area contributed by atoms with E-state index in [-0.39, 0.29) is 23.8 Å². The third-order valence-corrected chi connectivity index (χ3v) is 5.09. The predicted octanol–water partition coefficient (Wildman–Crippen LogP) is 2.12. The Bertz CT molecular complexity index is 582. The second-order valence-corrected chi connectivity index (χ2v) is 7.25. The number of amides is 1. The van der Waals surface area contributed by atoms with Crippen LogP contribution in [0.4, 0.5) is 14.5 Å². The summed E-state index contributed by atoms with van der Waals surface area (Å²) in [6.45, 7) is 0. The van der Waals surface area contributed by atoms with Crippen LogP contribution in [0.3, 0.4) is 0 Å². The van der Waals surface area contributed by atoms with Gasteiger partial charge in [-0.25, -0.2) is 17.2 Å². The van der Waals surface area contributed by atoms with E-state index in [1.807, 2.05) is 0 Å². The third-order valence-electron chi connectivity index (χ3n) is 3.38. The van der Waals surface area contributed by atoms with Gasteiger partial charge in [-0.2, -0.15) is 0 Å². The lowest BCUT2D eigenvalue weighted by atomic mass is 9.98. The fourth-order valence-electron chi connectivity index (χ4n) is 2.21. The predicted molar refractivity (Wildman–Crippen MR) is 71.0 cm³/mol. The molecule has 0 atom stereocenters. The monoisotopic (exact) mass is 303 g/mol. The number of para-hydroxylation sites is 1. The smallest absolute Gasteiger partial charge is 0.224 e. The number of hydrogen-bond donors (Lipinski definition) is 1. The maximum absolute atomic E-state index is 13.4. The van der Waals surface area contributed by atoms with Crippen molar-refractivity contribution in [2.24, 2.45) is 5.92 Å². The molecule has 1 N–H and O–H groups in total. The maximum Gasteiger partial charge on any atom is 0.224 e. The first-order valence-electron chi connectivity index (χ1n) is 6.32. The minimum atomic E-state index is -2.98. The highest BCUT2D eigenvalue weighted by molar-refractivity contribution is 7.91. The van der Waals surface area contributed by atoms with E-state index >= 15 is 0 Å². The van der Waals surface area contributed by atoms with E-state index in [4.69, 9.17) is 0 Å². The number of anilines is 1. The summed E-state index contributed by atoms with van der Waals surface area (Å²) in [6, 6.07) is 3.34. The zero-order valence-corrected chi connectivity index (χ0v) is 11.6. The van der Waals surface area contributed by atoms with Gasteiger partial charge in [0.15, 0.2) is 0 Å². The Morgan fingerprint density at radius 3 is 2.30 bits per heavy atom. The molecule has 110 valence electrons. The Kier molecular flexibility index (Phi) is 4.37. The van der Waals surface area contributed by atoms with Gasteiger partial charge in [0.1, 0.15) is 27.2 Å². The number of carbonyl (C=O) groups is 1. The maximum atomic E-state index is 13.4. The molecule has 1 heterocycles. The molecule has 0 aliphatic carbocycles. The largest absolute Gasteiger partial charge is 0.321 e. The van der Waals surface area contributed by atoms with E-state index in [1.165, 1.54) is 6.07 Å². The zero-order chi connectivity index (χ0) is 14.8. The van der Waals surface area contributed by atoms with Crippen LogP contribution < -0.4 is 5.32 Å². The average molecular weight is 303 g/mol. The molecule has 1 aliphatic rings. The van der Waals surface area contributed by atoms with Gasteiger partial charge in [-0.3, -0.25) is 4.79 Å². The van der Waals surface area contributed by atoms with Gasteiger partial charge in [-0.1, -0.05) is 6.07 Å². The summed E-state index contributed by atoms with van der Waals surface area (Å²) in [4.78, 5) is 11.8. The molecular formula is C13H15F2NO3S. The number of carbonyl (C=O) groups excluding carboxylic acids is 1. The first-order valence-corrected chi connectivity index (χ1v) is 8.14. The van der Waals surface area contributed by atoms with Crippen LogP contribution in [-0.2, 0) is 14.6 Å². The number of benzene rings is 1. The molecule has 20 heavy (non-hydrogen) atoms. The minimum Gasteiger partial charge on any atom is -0.321 e. The summed E-state index contributed by atoms with van der Waals surface area (Å²) < 4.78 is 49.2. The van der Waals surface area contributed by atoms with E-state index in [1.54, 1.807) is 0 Å². The summed E-state index contributed by atoms with van der Waals surface area (Å²) in [5.74, 6) is -2.08. The van der Waals surface area contributed by atoms with Crippen molar-refractivity contribution in [2.75, 3.05) is 16.8 Å². The molecule has 1 aromatic carbocycles. The van der Waals surface area contributed by atoms with Crippen LogP contribution in [0.25, 0.3) is 0 Å². The lowest BCUT2D eigenvalue weighted by molar-refractivity contribution is -0.117. The number of sulfone groups is 1. The Hall–Kier alpha value is -1.50. The second-order valence-electron chi connectivity index (χ2n) is 4.94. The van der Waals surface area contributed by atoms with E-state index in [2.05, 4.69) is 5.32 Å². The molecule has 1 aromatic rings. The molecule has 1 fully saturated rings. The first kappa shape index (κ1) is 14.9. The number of nitrogens with one attached hydrogen (secondary N) is 1. The fourth-order valence-corrected chi connectivity index (χ4v) is 3.80. The average Bonchev–Trinajstić information content (AvgIpc) is 2.37. The van der Waals surface area contributed by atoms with Gasteiger partial charge >= 0.3 is 0 Å². The minimum absolute atomic E-state index is 0.0617. The van der Waals surface area contributed by atoms with Crippen LogP contribution in [0, 0.1) is 17.6 Å². The molecule has 1 aliphatic heterocycles. The standard InChI is InChI=1S/C13H15F2NO3S/c14-10-2-1-3-11(15)13(10)16-12(17)8-9-4-6-20(18,19)7-5-9/h1-3,9H,4-8H2,(H,16,17). The van der Waals surface area contributed by atoms with E-state index in [0.29, 0.717) is 12.8 Å². The number of halogens is 2. The van der Waals surface area contributed by atoms with Gasteiger partial charge in [0.2, 0.25) is 5.91 Å². The Labute approximate surface area is 116 Å². The van der Waals surface area contributed by atoms with Crippen LogP contribution in [0.5, 0.6) is 0 Å². The topological polar surface area (TPSA) is 63.2 Å². The summed E-state index contributed by atoms with van der Waals surface area (Å²) in [5, 5.41) is 2.21. The van der Waals surface area contributed by atoms with E-state index in [9.17, 15) is 22.0 Å². The van der Waals surface area contributed by atoms with Gasteiger partial charge in [-0.15, -0.1) is 0 Å². The molecule has 0 spiro atoms. The summed E-state index contributed by atoms with van der Waals surface area (Å²) >= 11 is 0. The number of rotatable bonds is 3. The van der Waals surface area contributed by atoms with Crippen LogP contribution in [0.2, 0.25) is 0 Å². The van der Waals surface area contributed by atoms with Crippen molar-refractivity contribution < 1.29 is 22.0 Å². The molecule has 4 nitrogen and oxygen atoms in total.